The van der Waals surface area contributed by atoms with Crippen LogP contribution in [-0.4, -0.2) is 26.8 Å². The predicted molar refractivity (Wildman–Crippen MR) is 91.7 cm³/mol. The Hall–Kier alpha value is -1.75. The molecule has 0 amide bonds. The fourth-order valence-corrected chi connectivity index (χ4v) is 3.73. The molecular formula is C18H27N5. The molecule has 1 aliphatic rings. The monoisotopic (exact) mass is 313 g/mol. The normalized spacial score (nSPS) is 17.3. The Kier molecular flexibility index (Phi) is 4.76. The van der Waals surface area contributed by atoms with Gasteiger partial charge in [-0.15, -0.1) is 5.10 Å². The van der Waals surface area contributed by atoms with E-state index in [-0.39, 0.29) is 5.54 Å². The highest BCUT2D eigenvalue weighted by Gasteiger charge is 2.38. The van der Waals surface area contributed by atoms with Crippen molar-refractivity contribution in [1.29, 1.82) is 0 Å². The summed E-state index contributed by atoms with van der Waals surface area (Å²) in [7, 11) is 0. The van der Waals surface area contributed by atoms with Crippen molar-refractivity contribution in [2.24, 2.45) is 0 Å². The fraction of sp³-hybridized carbons (Fsp3) is 0.611. The second kappa shape index (κ2) is 6.79. The predicted octanol–water partition coefficient (Wildman–Crippen LogP) is 3.44. The summed E-state index contributed by atoms with van der Waals surface area (Å²) in [6.45, 7) is 7.44. The van der Waals surface area contributed by atoms with Crippen LogP contribution < -0.4 is 5.32 Å². The topological polar surface area (TPSA) is 55.6 Å². The molecule has 0 unspecified atom stereocenters. The zero-order chi connectivity index (χ0) is 16.3. The van der Waals surface area contributed by atoms with Crippen molar-refractivity contribution in [3.05, 3.63) is 35.2 Å². The maximum atomic E-state index is 4.44. The summed E-state index contributed by atoms with van der Waals surface area (Å²) in [5.74, 6) is 0.968. The average molecular weight is 313 g/mol. The van der Waals surface area contributed by atoms with Gasteiger partial charge >= 0.3 is 0 Å². The third-order valence-electron chi connectivity index (χ3n) is 4.77. The van der Waals surface area contributed by atoms with E-state index in [4.69, 9.17) is 0 Å². The van der Waals surface area contributed by atoms with Crippen molar-refractivity contribution >= 4 is 0 Å². The van der Waals surface area contributed by atoms with Gasteiger partial charge < -0.3 is 5.32 Å². The lowest BCUT2D eigenvalue weighted by Gasteiger charge is -2.37. The quantitative estimate of drug-likeness (QED) is 0.918. The Labute approximate surface area is 138 Å². The van der Waals surface area contributed by atoms with Crippen LogP contribution in [-0.2, 0) is 5.54 Å². The van der Waals surface area contributed by atoms with Crippen molar-refractivity contribution in [3.8, 4) is 5.69 Å². The molecule has 0 atom stereocenters. The number of tetrazole rings is 1. The van der Waals surface area contributed by atoms with E-state index < -0.39 is 0 Å². The van der Waals surface area contributed by atoms with Gasteiger partial charge in [0.15, 0.2) is 5.82 Å². The average Bonchev–Trinajstić information content (AvgIpc) is 3.03. The van der Waals surface area contributed by atoms with Crippen LogP contribution in [0.3, 0.4) is 0 Å². The van der Waals surface area contributed by atoms with Gasteiger partial charge in [0, 0.05) is 0 Å². The molecule has 1 aromatic heterocycles. The third kappa shape index (κ3) is 3.29. The molecule has 3 rings (SSSR count). The Balaban J connectivity index is 2.03. The maximum Gasteiger partial charge on any atom is 0.176 e. The lowest BCUT2D eigenvalue weighted by molar-refractivity contribution is 0.217. The van der Waals surface area contributed by atoms with Crippen LogP contribution in [0.5, 0.6) is 0 Å². The number of benzene rings is 1. The number of hydrogen-bond acceptors (Lipinski definition) is 4. The summed E-state index contributed by atoms with van der Waals surface area (Å²) >= 11 is 0. The molecule has 23 heavy (non-hydrogen) atoms. The van der Waals surface area contributed by atoms with Gasteiger partial charge in [0.25, 0.3) is 0 Å². The highest BCUT2D eigenvalue weighted by molar-refractivity contribution is 5.39. The summed E-state index contributed by atoms with van der Waals surface area (Å²) in [6, 6.07) is 6.49. The van der Waals surface area contributed by atoms with Gasteiger partial charge in [0.05, 0.1) is 11.2 Å². The van der Waals surface area contributed by atoms with Crippen LogP contribution in [0.2, 0.25) is 0 Å². The zero-order valence-electron chi connectivity index (χ0n) is 14.5. The van der Waals surface area contributed by atoms with Crippen LogP contribution in [0.15, 0.2) is 18.2 Å². The van der Waals surface area contributed by atoms with E-state index in [1.807, 2.05) is 4.68 Å². The van der Waals surface area contributed by atoms with Gasteiger partial charge in [0.1, 0.15) is 0 Å². The van der Waals surface area contributed by atoms with Crippen LogP contribution >= 0.6 is 0 Å². The van der Waals surface area contributed by atoms with Crippen molar-refractivity contribution in [2.75, 3.05) is 6.54 Å². The lowest BCUT2D eigenvalue weighted by atomic mass is 9.80. The minimum absolute atomic E-state index is 0.0879. The van der Waals surface area contributed by atoms with Crippen molar-refractivity contribution in [3.63, 3.8) is 0 Å². The molecule has 124 valence electrons. The largest absolute Gasteiger partial charge is 0.305 e. The van der Waals surface area contributed by atoms with Gasteiger partial charge in [-0.2, -0.15) is 4.68 Å². The van der Waals surface area contributed by atoms with Gasteiger partial charge in [-0.1, -0.05) is 32.3 Å². The number of aromatic nitrogens is 4. The summed E-state index contributed by atoms with van der Waals surface area (Å²) in [4.78, 5) is 0. The van der Waals surface area contributed by atoms with E-state index in [1.54, 1.807) is 0 Å². The first kappa shape index (κ1) is 16.1. The van der Waals surface area contributed by atoms with Crippen molar-refractivity contribution < 1.29 is 0 Å². The first-order valence-electron chi connectivity index (χ1n) is 8.77. The van der Waals surface area contributed by atoms with Crippen molar-refractivity contribution in [2.45, 2.75) is 64.8 Å². The minimum Gasteiger partial charge on any atom is -0.305 e. The smallest absolute Gasteiger partial charge is 0.176 e. The minimum atomic E-state index is -0.0879. The molecule has 5 nitrogen and oxygen atoms in total. The summed E-state index contributed by atoms with van der Waals surface area (Å²) in [5.41, 5.74) is 3.45. The number of nitrogens with zero attached hydrogens (tertiary/aromatic N) is 4. The molecule has 2 aromatic rings. The van der Waals surface area contributed by atoms with E-state index in [1.165, 1.54) is 30.4 Å². The molecule has 1 N–H and O–H groups in total. The molecule has 0 bridgehead atoms. The van der Waals surface area contributed by atoms with Gasteiger partial charge in [-0.3, -0.25) is 0 Å². The lowest BCUT2D eigenvalue weighted by Crippen LogP contribution is -2.46. The Morgan fingerprint density at radius 1 is 1.09 bits per heavy atom. The van der Waals surface area contributed by atoms with E-state index >= 15 is 0 Å². The maximum absolute atomic E-state index is 4.44. The van der Waals surface area contributed by atoms with Crippen LogP contribution in [0.4, 0.5) is 0 Å². The van der Waals surface area contributed by atoms with Crippen LogP contribution in [0.25, 0.3) is 5.69 Å². The molecule has 0 radical (unpaired) electrons. The fourth-order valence-electron chi connectivity index (χ4n) is 3.73. The summed E-state index contributed by atoms with van der Waals surface area (Å²) in [5, 5.41) is 16.5. The van der Waals surface area contributed by atoms with E-state index in [9.17, 15) is 0 Å². The highest BCUT2D eigenvalue weighted by Crippen LogP contribution is 2.36. The number of nitrogens with one attached hydrogen (secondary N) is 1. The van der Waals surface area contributed by atoms with Crippen LogP contribution in [0, 0.1) is 13.8 Å². The summed E-state index contributed by atoms with van der Waals surface area (Å²) < 4.78 is 1.94. The number of aryl methyl sites for hydroxylation is 2. The number of hydrogen-bond donors (Lipinski definition) is 1. The van der Waals surface area contributed by atoms with Crippen LogP contribution in [0.1, 0.15) is 62.4 Å². The van der Waals surface area contributed by atoms with Gasteiger partial charge in [-0.05, 0) is 73.3 Å². The van der Waals surface area contributed by atoms with E-state index in [0.717, 1.165) is 37.3 Å². The first-order valence-corrected chi connectivity index (χ1v) is 8.77. The molecule has 0 spiro atoms. The molecule has 1 aromatic carbocycles. The Bertz CT molecular complexity index is 635. The molecule has 1 fully saturated rings. The standard InChI is InChI=1S/C18H27N5/c1-4-10-19-18(8-6-5-7-9-18)17-20-21-22-23(17)16-12-14(2)11-15(3)13-16/h11-13,19H,4-10H2,1-3H3. The first-order chi connectivity index (χ1) is 11.1. The molecule has 5 heteroatoms. The van der Waals surface area contributed by atoms with Gasteiger partial charge in [0.2, 0.25) is 0 Å². The molecule has 1 heterocycles. The molecule has 1 aliphatic carbocycles. The summed E-state index contributed by atoms with van der Waals surface area (Å²) in [6.07, 6.45) is 7.11. The number of rotatable bonds is 5. The SMILES string of the molecule is CCCNC1(c2nnnn2-c2cc(C)cc(C)c2)CCCCC1. The zero-order valence-corrected chi connectivity index (χ0v) is 14.5. The molecule has 0 saturated heterocycles. The second-order valence-electron chi connectivity index (χ2n) is 6.83. The second-order valence-corrected chi connectivity index (χ2v) is 6.83. The van der Waals surface area contributed by atoms with Crippen molar-refractivity contribution in [1.82, 2.24) is 25.5 Å². The molecular weight excluding hydrogens is 286 g/mol. The molecule has 0 aliphatic heterocycles. The third-order valence-corrected chi connectivity index (χ3v) is 4.77. The van der Waals surface area contributed by atoms with E-state index in [2.05, 4.69) is 59.8 Å². The Morgan fingerprint density at radius 2 is 1.78 bits per heavy atom. The Morgan fingerprint density at radius 3 is 2.43 bits per heavy atom. The van der Waals surface area contributed by atoms with E-state index in [0.29, 0.717) is 0 Å². The molecule has 1 saturated carbocycles. The highest BCUT2D eigenvalue weighted by atomic mass is 15.6. The van der Waals surface area contributed by atoms with Gasteiger partial charge in [-0.25, -0.2) is 0 Å².